The van der Waals surface area contributed by atoms with E-state index in [4.69, 9.17) is 9.26 Å². The molecule has 0 spiro atoms. The molecule has 4 N–H and O–H groups in total. The minimum atomic E-state index is -4.52. The SMILES string of the molecule is CCC(CC)(CC1OC(n2cc3c(nc2=O)N=CC(F)C3)C(O)C1O)OP(=O)(O)C(O)(CC)CC. The molecular weight excluding hydrogens is 484 g/mol. The van der Waals surface area contributed by atoms with Crippen molar-refractivity contribution < 1.29 is 38.4 Å². The number of aliphatic hydroxyl groups is 3. The largest absolute Gasteiger partial charge is 0.388 e. The summed E-state index contributed by atoms with van der Waals surface area (Å²) in [4.78, 5) is 30.9. The number of aliphatic hydroxyl groups excluding tert-OH is 2. The van der Waals surface area contributed by atoms with E-state index in [2.05, 4.69) is 9.98 Å². The van der Waals surface area contributed by atoms with Crippen molar-refractivity contribution >= 4 is 19.6 Å². The van der Waals surface area contributed by atoms with Crippen molar-refractivity contribution in [3.05, 3.63) is 22.2 Å². The van der Waals surface area contributed by atoms with Crippen molar-refractivity contribution in [1.29, 1.82) is 0 Å². The van der Waals surface area contributed by atoms with Crippen molar-refractivity contribution in [3.63, 3.8) is 0 Å². The maximum absolute atomic E-state index is 13.7. The van der Waals surface area contributed by atoms with E-state index in [0.717, 1.165) is 10.8 Å². The minimum Gasteiger partial charge on any atom is -0.388 e. The van der Waals surface area contributed by atoms with Gasteiger partial charge in [0.25, 0.3) is 0 Å². The van der Waals surface area contributed by atoms with Crippen LogP contribution in [0.1, 0.15) is 71.6 Å². The number of aliphatic imine (C=N–C) groups is 1. The van der Waals surface area contributed by atoms with Crippen LogP contribution in [0.5, 0.6) is 0 Å². The highest BCUT2D eigenvalue weighted by Crippen LogP contribution is 2.61. The molecule has 0 saturated carbocycles. The normalized spacial score (nSPS) is 28.7. The third-order valence-electron chi connectivity index (χ3n) is 7.23. The van der Waals surface area contributed by atoms with Crippen LogP contribution in [-0.4, -0.2) is 71.4 Å². The molecule has 35 heavy (non-hydrogen) atoms. The summed E-state index contributed by atoms with van der Waals surface area (Å²) in [6.45, 7) is 6.64. The molecule has 2 aliphatic heterocycles. The monoisotopic (exact) mass is 519 g/mol. The third kappa shape index (κ3) is 5.29. The van der Waals surface area contributed by atoms with Gasteiger partial charge in [-0.2, -0.15) is 4.98 Å². The summed E-state index contributed by atoms with van der Waals surface area (Å²) in [5.41, 5.74) is -1.70. The molecule has 11 nitrogen and oxygen atoms in total. The van der Waals surface area contributed by atoms with Gasteiger partial charge in [-0.1, -0.05) is 27.7 Å². The summed E-state index contributed by atoms with van der Waals surface area (Å²) in [6.07, 6.45) is -3.97. The fraction of sp³-hybridized carbons (Fsp3) is 0.773. The van der Waals surface area contributed by atoms with E-state index in [1.165, 1.54) is 6.20 Å². The summed E-state index contributed by atoms with van der Waals surface area (Å²) >= 11 is 0. The number of ether oxygens (including phenoxy) is 1. The topological polar surface area (TPSA) is 164 Å². The second kappa shape index (κ2) is 10.5. The van der Waals surface area contributed by atoms with E-state index in [1.54, 1.807) is 27.7 Å². The highest BCUT2D eigenvalue weighted by atomic mass is 31.2. The fourth-order valence-electron chi connectivity index (χ4n) is 4.55. The lowest BCUT2D eigenvalue weighted by Crippen LogP contribution is -2.42. The Labute approximate surface area is 203 Å². The Morgan fingerprint density at radius 3 is 2.40 bits per heavy atom. The van der Waals surface area contributed by atoms with Crippen LogP contribution in [0.2, 0.25) is 0 Å². The Morgan fingerprint density at radius 2 is 1.83 bits per heavy atom. The molecule has 1 aromatic heterocycles. The van der Waals surface area contributed by atoms with Gasteiger partial charge < -0.3 is 24.9 Å². The van der Waals surface area contributed by atoms with Crippen molar-refractivity contribution in [3.8, 4) is 0 Å². The van der Waals surface area contributed by atoms with Crippen LogP contribution >= 0.6 is 7.60 Å². The molecule has 0 aliphatic carbocycles. The van der Waals surface area contributed by atoms with Crippen LogP contribution in [0.4, 0.5) is 10.2 Å². The average Bonchev–Trinajstić information content (AvgIpc) is 3.10. The summed E-state index contributed by atoms with van der Waals surface area (Å²) < 4.78 is 39.4. The van der Waals surface area contributed by atoms with Gasteiger partial charge in [-0.15, -0.1) is 0 Å². The number of halogens is 1. The van der Waals surface area contributed by atoms with Crippen LogP contribution in [0.3, 0.4) is 0 Å². The zero-order valence-electron chi connectivity index (χ0n) is 20.4. The lowest BCUT2D eigenvalue weighted by molar-refractivity contribution is -0.0782. The second-order valence-corrected chi connectivity index (χ2v) is 11.3. The Balaban J connectivity index is 1.87. The molecule has 0 bridgehead atoms. The molecule has 1 fully saturated rings. The van der Waals surface area contributed by atoms with Crippen LogP contribution in [0.15, 0.2) is 16.0 Å². The van der Waals surface area contributed by atoms with Crippen LogP contribution in [0, 0.1) is 0 Å². The van der Waals surface area contributed by atoms with Gasteiger partial charge in [0.1, 0.15) is 18.4 Å². The lowest BCUT2D eigenvalue weighted by Gasteiger charge is -2.40. The third-order valence-corrected chi connectivity index (χ3v) is 9.55. The number of hydrogen-bond donors (Lipinski definition) is 4. The Bertz CT molecular complexity index is 1040. The summed E-state index contributed by atoms with van der Waals surface area (Å²) in [6, 6.07) is 0. The molecule has 0 radical (unpaired) electrons. The summed E-state index contributed by atoms with van der Waals surface area (Å²) in [5, 5.41) is 30.2. The van der Waals surface area contributed by atoms with Crippen molar-refractivity contribution in [1.82, 2.24) is 9.55 Å². The average molecular weight is 520 g/mol. The zero-order chi connectivity index (χ0) is 26.2. The number of alkyl halides is 1. The van der Waals surface area contributed by atoms with Gasteiger partial charge in [-0.05, 0) is 25.7 Å². The van der Waals surface area contributed by atoms with Gasteiger partial charge in [-0.3, -0.25) is 13.7 Å². The van der Waals surface area contributed by atoms with E-state index in [0.29, 0.717) is 5.56 Å². The first-order chi connectivity index (χ1) is 16.4. The number of aromatic nitrogens is 2. The molecule has 1 aromatic rings. The number of rotatable bonds is 10. The quantitative estimate of drug-likeness (QED) is 0.339. The van der Waals surface area contributed by atoms with Crippen molar-refractivity contribution in [2.75, 3.05) is 0 Å². The Hall–Kier alpha value is -1.53. The number of fused-ring (bicyclic) bond motifs is 1. The molecule has 3 heterocycles. The van der Waals surface area contributed by atoms with Gasteiger partial charge in [0.15, 0.2) is 17.4 Å². The molecule has 6 atom stereocenters. The van der Waals surface area contributed by atoms with Crippen molar-refractivity contribution in [2.24, 2.45) is 4.99 Å². The van der Waals surface area contributed by atoms with Gasteiger partial charge in [-0.25, -0.2) is 14.2 Å². The second-order valence-electron chi connectivity index (χ2n) is 9.22. The predicted molar refractivity (Wildman–Crippen MR) is 126 cm³/mol. The lowest BCUT2D eigenvalue weighted by atomic mass is 9.88. The Kier molecular flexibility index (Phi) is 8.38. The first-order valence-electron chi connectivity index (χ1n) is 11.9. The smallest absolute Gasteiger partial charge is 0.359 e. The highest BCUT2D eigenvalue weighted by molar-refractivity contribution is 7.54. The first kappa shape index (κ1) is 28.0. The molecule has 198 valence electrons. The predicted octanol–water partition coefficient (Wildman–Crippen LogP) is 2.12. The Morgan fingerprint density at radius 1 is 1.20 bits per heavy atom. The highest BCUT2D eigenvalue weighted by Gasteiger charge is 2.52. The first-order valence-corrected chi connectivity index (χ1v) is 13.5. The van der Waals surface area contributed by atoms with E-state index < -0.39 is 54.9 Å². The molecule has 2 aliphatic rings. The minimum absolute atomic E-state index is 0.00214. The van der Waals surface area contributed by atoms with Gasteiger partial charge >= 0.3 is 13.3 Å². The molecule has 1 saturated heterocycles. The molecule has 0 amide bonds. The van der Waals surface area contributed by atoms with Crippen LogP contribution < -0.4 is 5.69 Å². The maximum Gasteiger partial charge on any atom is 0.359 e. The van der Waals surface area contributed by atoms with E-state index in [1.807, 2.05) is 0 Å². The molecule has 0 aromatic carbocycles. The fourth-order valence-corrected chi connectivity index (χ4v) is 6.38. The van der Waals surface area contributed by atoms with E-state index >= 15 is 0 Å². The van der Waals surface area contributed by atoms with E-state index in [9.17, 15) is 34.0 Å². The van der Waals surface area contributed by atoms with Crippen LogP contribution in [0.25, 0.3) is 0 Å². The van der Waals surface area contributed by atoms with Gasteiger partial charge in [0.05, 0.1) is 11.7 Å². The zero-order valence-corrected chi connectivity index (χ0v) is 21.3. The number of nitrogens with zero attached hydrogens (tertiary/aromatic N) is 3. The maximum atomic E-state index is 13.7. The molecule has 13 heteroatoms. The summed E-state index contributed by atoms with van der Waals surface area (Å²) in [7, 11) is -4.52. The standard InChI is InChI=1S/C22H35FN3O8P/c1-5-21(6-2,34-35(31,32)22(30,7-3)8-4)10-15-16(27)17(28)19(33-15)26-12-13-9-14(23)11-24-18(13)25-20(26)29/h11-12,14-17,19,27-28,30H,5-10H2,1-4H3,(H,31,32). The summed E-state index contributed by atoms with van der Waals surface area (Å²) in [5.74, 6) is 0.0900. The van der Waals surface area contributed by atoms with Crippen molar-refractivity contribution in [2.45, 2.75) is 108 Å². The van der Waals surface area contributed by atoms with Gasteiger partial charge in [0, 0.05) is 30.8 Å². The molecular formula is C22H35FN3O8P. The van der Waals surface area contributed by atoms with E-state index in [-0.39, 0.29) is 44.3 Å². The molecule has 3 rings (SSSR count). The number of hydrogen-bond acceptors (Lipinski definition) is 9. The van der Waals surface area contributed by atoms with Crippen LogP contribution in [-0.2, 0) is 20.2 Å². The molecule has 6 unspecified atom stereocenters. The van der Waals surface area contributed by atoms with Gasteiger partial charge in [0.2, 0.25) is 0 Å².